The van der Waals surface area contributed by atoms with E-state index in [-0.39, 0.29) is 23.1 Å². The second-order valence-corrected chi connectivity index (χ2v) is 9.20. The standard InChI is InChI=1S/C30H27N3O4/c34-27(16-13-20-11-14-22(15-12-20)21-6-2-1-3-7-21)33-17-5-10-26(33)28(35)29-31-19-25(32-29)23-8-4-9-24(18-23)30(36)37/h1-4,6-9,11-12,14-15,18-19,26H,5,10,13,16-17H2,(H,31,32)(H,36,37)/t26-/m0/s1. The minimum absolute atomic E-state index is 0.0380. The molecule has 0 unspecified atom stereocenters. The Bertz CT molecular complexity index is 1430. The average Bonchev–Trinajstić information content (AvgIpc) is 3.63. The molecule has 2 N–H and O–H groups in total. The van der Waals surface area contributed by atoms with Gasteiger partial charge in [0.05, 0.1) is 23.5 Å². The first-order valence-corrected chi connectivity index (χ1v) is 12.4. The van der Waals surface area contributed by atoms with Gasteiger partial charge in [0.1, 0.15) is 0 Å². The summed E-state index contributed by atoms with van der Waals surface area (Å²) in [5, 5.41) is 9.23. The number of nitrogens with one attached hydrogen (secondary N) is 1. The summed E-state index contributed by atoms with van der Waals surface area (Å²) >= 11 is 0. The number of H-pyrrole nitrogens is 1. The predicted octanol–water partition coefficient (Wildman–Crippen LogP) is 5.25. The Kier molecular flexibility index (Phi) is 6.94. The normalized spacial score (nSPS) is 15.0. The number of carboxylic acid groups (broad SMARTS) is 1. The molecule has 1 fully saturated rings. The molecule has 0 bridgehead atoms. The number of likely N-dealkylation sites (tertiary alicyclic amines) is 1. The van der Waals surface area contributed by atoms with Gasteiger partial charge in [-0.05, 0) is 48.1 Å². The zero-order valence-corrected chi connectivity index (χ0v) is 20.3. The van der Waals surface area contributed by atoms with Crippen molar-refractivity contribution in [1.29, 1.82) is 0 Å². The molecule has 1 atom stereocenters. The van der Waals surface area contributed by atoms with E-state index in [9.17, 15) is 19.5 Å². The number of Topliss-reactive ketones (excluding diaryl/α,β-unsaturated/α-hetero) is 1. The van der Waals surface area contributed by atoms with Crippen molar-refractivity contribution in [1.82, 2.24) is 14.9 Å². The maximum Gasteiger partial charge on any atom is 0.335 e. The molecule has 1 saturated heterocycles. The summed E-state index contributed by atoms with van der Waals surface area (Å²) in [4.78, 5) is 46.5. The fraction of sp³-hybridized carbons (Fsp3) is 0.200. The van der Waals surface area contributed by atoms with Crippen molar-refractivity contribution in [3.63, 3.8) is 0 Å². The lowest BCUT2D eigenvalue weighted by Gasteiger charge is -2.23. The number of carbonyl (C=O) groups is 3. The van der Waals surface area contributed by atoms with Gasteiger partial charge in [-0.25, -0.2) is 9.78 Å². The van der Waals surface area contributed by atoms with Crippen molar-refractivity contribution in [3.8, 4) is 22.4 Å². The molecule has 7 nitrogen and oxygen atoms in total. The van der Waals surface area contributed by atoms with Crippen LogP contribution in [-0.2, 0) is 11.2 Å². The number of hydrogen-bond acceptors (Lipinski definition) is 4. The molecule has 5 rings (SSSR count). The number of amides is 1. The van der Waals surface area contributed by atoms with Crippen LogP contribution in [0.4, 0.5) is 0 Å². The Balaban J connectivity index is 1.22. The van der Waals surface area contributed by atoms with Crippen molar-refractivity contribution in [3.05, 3.63) is 102 Å². The van der Waals surface area contributed by atoms with Crippen LogP contribution < -0.4 is 0 Å². The van der Waals surface area contributed by atoms with E-state index in [4.69, 9.17) is 0 Å². The maximum atomic E-state index is 13.2. The van der Waals surface area contributed by atoms with Crippen LogP contribution in [0, 0.1) is 0 Å². The summed E-state index contributed by atoms with van der Waals surface area (Å²) < 4.78 is 0. The smallest absolute Gasteiger partial charge is 0.335 e. The summed E-state index contributed by atoms with van der Waals surface area (Å²) in [6.07, 6.45) is 3.83. The Morgan fingerprint density at radius 3 is 2.41 bits per heavy atom. The van der Waals surface area contributed by atoms with Crippen LogP contribution in [0.2, 0.25) is 0 Å². The van der Waals surface area contributed by atoms with Crippen LogP contribution >= 0.6 is 0 Å². The number of carboxylic acids is 1. The Labute approximate surface area is 214 Å². The first-order valence-electron chi connectivity index (χ1n) is 12.4. The van der Waals surface area contributed by atoms with Crippen LogP contribution in [-0.4, -0.2) is 50.2 Å². The van der Waals surface area contributed by atoms with Gasteiger partial charge in [-0.2, -0.15) is 0 Å². The quantitative estimate of drug-likeness (QED) is 0.327. The fourth-order valence-corrected chi connectivity index (χ4v) is 4.80. The molecule has 1 aliphatic rings. The third-order valence-electron chi connectivity index (χ3n) is 6.79. The molecule has 2 heterocycles. The lowest BCUT2D eigenvalue weighted by atomic mass is 10.0. The van der Waals surface area contributed by atoms with Crippen LogP contribution in [0.5, 0.6) is 0 Å². The zero-order chi connectivity index (χ0) is 25.8. The Morgan fingerprint density at radius 2 is 1.65 bits per heavy atom. The van der Waals surface area contributed by atoms with Gasteiger partial charge in [-0.3, -0.25) is 9.59 Å². The Morgan fingerprint density at radius 1 is 0.919 bits per heavy atom. The molecule has 0 spiro atoms. The molecule has 0 saturated carbocycles. The number of hydrogen-bond donors (Lipinski definition) is 2. The van der Waals surface area contributed by atoms with Gasteiger partial charge in [0.15, 0.2) is 5.82 Å². The van der Waals surface area contributed by atoms with Crippen molar-refractivity contribution < 1.29 is 19.5 Å². The second-order valence-electron chi connectivity index (χ2n) is 9.20. The molecule has 1 aromatic heterocycles. The topological polar surface area (TPSA) is 103 Å². The summed E-state index contributed by atoms with van der Waals surface area (Å²) in [5.74, 6) is -1.11. The van der Waals surface area contributed by atoms with Crippen molar-refractivity contribution >= 4 is 17.7 Å². The highest BCUT2D eigenvalue weighted by Crippen LogP contribution is 2.25. The van der Waals surface area contributed by atoms with E-state index in [0.717, 1.165) is 23.1 Å². The number of ketones is 1. The van der Waals surface area contributed by atoms with Gasteiger partial charge in [-0.1, -0.05) is 66.7 Å². The molecule has 4 aromatic rings. The van der Waals surface area contributed by atoms with E-state index in [1.165, 1.54) is 18.3 Å². The van der Waals surface area contributed by atoms with E-state index in [1.807, 2.05) is 30.3 Å². The number of aromatic amines is 1. The zero-order valence-electron chi connectivity index (χ0n) is 20.3. The molecular formula is C30H27N3O4. The van der Waals surface area contributed by atoms with Gasteiger partial charge in [0, 0.05) is 18.5 Å². The average molecular weight is 494 g/mol. The third kappa shape index (κ3) is 5.35. The number of imidazole rings is 1. The summed E-state index contributed by atoms with van der Waals surface area (Å²) in [6, 6.07) is 24.3. The van der Waals surface area contributed by atoms with E-state index in [0.29, 0.717) is 37.1 Å². The van der Waals surface area contributed by atoms with Crippen molar-refractivity contribution in [2.75, 3.05) is 6.54 Å². The van der Waals surface area contributed by atoms with Crippen LogP contribution in [0.3, 0.4) is 0 Å². The lowest BCUT2D eigenvalue weighted by molar-refractivity contribution is -0.131. The van der Waals surface area contributed by atoms with Crippen molar-refractivity contribution in [2.45, 2.75) is 31.7 Å². The monoisotopic (exact) mass is 493 g/mol. The largest absolute Gasteiger partial charge is 0.478 e. The molecule has 37 heavy (non-hydrogen) atoms. The van der Waals surface area contributed by atoms with Gasteiger partial charge >= 0.3 is 5.97 Å². The number of aromatic carboxylic acids is 1. The van der Waals surface area contributed by atoms with E-state index < -0.39 is 12.0 Å². The number of nitrogens with zero attached hydrogens (tertiary/aromatic N) is 2. The summed E-state index contributed by atoms with van der Waals surface area (Å²) in [6.45, 7) is 0.552. The maximum absolute atomic E-state index is 13.2. The van der Waals surface area contributed by atoms with E-state index in [1.54, 1.807) is 17.0 Å². The molecule has 186 valence electrons. The molecule has 3 aromatic carbocycles. The minimum atomic E-state index is -1.02. The molecule has 0 aliphatic carbocycles. The molecule has 7 heteroatoms. The summed E-state index contributed by atoms with van der Waals surface area (Å²) in [5.41, 5.74) is 4.70. The molecule has 0 radical (unpaired) electrons. The molecule has 1 amide bonds. The molecule has 1 aliphatic heterocycles. The lowest BCUT2D eigenvalue weighted by Crippen LogP contribution is -2.41. The number of aryl methyl sites for hydroxylation is 1. The number of carbonyl (C=O) groups excluding carboxylic acids is 2. The van der Waals surface area contributed by atoms with Crippen molar-refractivity contribution in [2.24, 2.45) is 0 Å². The highest BCUT2D eigenvalue weighted by atomic mass is 16.4. The fourth-order valence-electron chi connectivity index (χ4n) is 4.80. The van der Waals surface area contributed by atoms with Gasteiger partial charge in [0.25, 0.3) is 0 Å². The SMILES string of the molecule is O=C(O)c1cccc(-c2cnc(C(=O)[C@@H]3CCCN3C(=O)CCc3ccc(-c4ccccc4)cc3)[nH]2)c1. The number of benzene rings is 3. The highest BCUT2D eigenvalue weighted by molar-refractivity contribution is 6.00. The number of aromatic nitrogens is 2. The highest BCUT2D eigenvalue weighted by Gasteiger charge is 2.35. The second kappa shape index (κ2) is 10.6. The first-order chi connectivity index (χ1) is 18.0. The predicted molar refractivity (Wildman–Crippen MR) is 140 cm³/mol. The third-order valence-corrected chi connectivity index (χ3v) is 6.79. The first kappa shape index (κ1) is 24.2. The summed E-state index contributed by atoms with van der Waals surface area (Å²) in [7, 11) is 0. The van der Waals surface area contributed by atoms with Crippen LogP contribution in [0.1, 0.15) is 45.8 Å². The van der Waals surface area contributed by atoms with Gasteiger partial charge in [0.2, 0.25) is 11.7 Å². The minimum Gasteiger partial charge on any atom is -0.478 e. The van der Waals surface area contributed by atoms with E-state index >= 15 is 0 Å². The van der Waals surface area contributed by atoms with E-state index in [2.05, 4.69) is 34.2 Å². The van der Waals surface area contributed by atoms with Gasteiger partial charge < -0.3 is 15.0 Å². The molecular weight excluding hydrogens is 466 g/mol. The Hall–Kier alpha value is -4.52. The van der Waals surface area contributed by atoms with Crippen LogP contribution in [0.25, 0.3) is 22.4 Å². The van der Waals surface area contributed by atoms with Gasteiger partial charge in [-0.15, -0.1) is 0 Å². The van der Waals surface area contributed by atoms with Crippen LogP contribution in [0.15, 0.2) is 85.1 Å². The number of rotatable bonds is 8.